The van der Waals surface area contributed by atoms with Crippen molar-refractivity contribution in [1.29, 1.82) is 0 Å². The van der Waals surface area contributed by atoms with Crippen LogP contribution in [0.1, 0.15) is 12.2 Å². The summed E-state index contributed by atoms with van der Waals surface area (Å²) in [6.07, 6.45) is 1.31. The second-order valence-electron chi connectivity index (χ2n) is 6.13. The number of nitrogens with one attached hydrogen (secondary N) is 1. The van der Waals surface area contributed by atoms with Gasteiger partial charge < -0.3 is 9.72 Å². The van der Waals surface area contributed by atoms with Gasteiger partial charge in [0.1, 0.15) is 5.75 Å². The minimum absolute atomic E-state index is 0.141. The Morgan fingerprint density at radius 3 is 2.71 bits per heavy atom. The van der Waals surface area contributed by atoms with Gasteiger partial charge in [-0.25, -0.2) is 0 Å². The fourth-order valence-corrected chi connectivity index (χ4v) is 3.43. The Labute approximate surface area is 169 Å². The van der Waals surface area contributed by atoms with Crippen LogP contribution in [0.3, 0.4) is 0 Å². The summed E-state index contributed by atoms with van der Waals surface area (Å²) in [7, 11) is 0. The first kappa shape index (κ1) is 18.5. The molecule has 0 amide bonds. The molecule has 7 nitrogen and oxygen atoms in total. The zero-order chi connectivity index (χ0) is 19.5. The van der Waals surface area contributed by atoms with Gasteiger partial charge in [-0.15, -0.1) is 5.10 Å². The molecule has 142 valence electrons. The van der Waals surface area contributed by atoms with E-state index in [1.165, 1.54) is 6.07 Å². The maximum atomic E-state index is 11.4. The summed E-state index contributed by atoms with van der Waals surface area (Å²) in [6, 6.07) is 14.0. The average molecular weight is 416 g/mol. The number of hydrogen-bond acceptors (Lipinski definition) is 5. The highest BCUT2D eigenvalue weighted by Crippen LogP contribution is 2.24. The van der Waals surface area contributed by atoms with Gasteiger partial charge in [-0.3, -0.25) is 4.79 Å². The topological polar surface area (TPSA) is 85.7 Å². The van der Waals surface area contributed by atoms with Gasteiger partial charge in [0, 0.05) is 27.9 Å². The molecular formula is C19H15Cl2N5O2. The number of ether oxygens (including phenoxy) is 1. The van der Waals surface area contributed by atoms with Crippen molar-refractivity contribution in [1.82, 2.24) is 25.2 Å². The van der Waals surface area contributed by atoms with E-state index in [0.29, 0.717) is 41.0 Å². The summed E-state index contributed by atoms with van der Waals surface area (Å²) >= 11 is 12.1. The fraction of sp³-hybridized carbons (Fsp3) is 0.158. The largest absolute Gasteiger partial charge is 0.493 e. The molecule has 0 aliphatic carbocycles. The van der Waals surface area contributed by atoms with E-state index < -0.39 is 0 Å². The van der Waals surface area contributed by atoms with Crippen LogP contribution in [-0.2, 0) is 6.42 Å². The normalized spacial score (nSPS) is 11.1. The summed E-state index contributed by atoms with van der Waals surface area (Å²) < 4.78 is 7.51. The zero-order valence-corrected chi connectivity index (χ0v) is 16.1. The van der Waals surface area contributed by atoms with Crippen molar-refractivity contribution in [2.45, 2.75) is 12.8 Å². The molecule has 0 atom stereocenters. The lowest BCUT2D eigenvalue weighted by molar-refractivity contribution is 0.313. The van der Waals surface area contributed by atoms with Crippen molar-refractivity contribution in [3.8, 4) is 11.4 Å². The quantitative estimate of drug-likeness (QED) is 0.483. The SMILES string of the molecule is O=c1ccc2c(OCCCc3nnnn3-c3cc(Cl)cc(Cl)c3)cccc2[nH]1. The van der Waals surface area contributed by atoms with E-state index in [-0.39, 0.29) is 5.56 Å². The van der Waals surface area contributed by atoms with Gasteiger partial charge >= 0.3 is 0 Å². The molecule has 0 fully saturated rings. The molecule has 0 saturated carbocycles. The van der Waals surface area contributed by atoms with Gasteiger partial charge in [-0.1, -0.05) is 29.3 Å². The zero-order valence-electron chi connectivity index (χ0n) is 14.6. The van der Waals surface area contributed by atoms with E-state index in [4.69, 9.17) is 27.9 Å². The maximum absolute atomic E-state index is 11.4. The number of pyridine rings is 1. The number of rotatable bonds is 6. The lowest BCUT2D eigenvalue weighted by Crippen LogP contribution is -2.07. The number of H-pyrrole nitrogens is 1. The van der Waals surface area contributed by atoms with Gasteiger partial charge in [-0.05, 0) is 53.2 Å². The van der Waals surface area contributed by atoms with Gasteiger partial charge in [-0.2, -0.15) is 4.68 Å². The van der Waals surface area contributed by atoms with Crippen LogP contribution in [0.25, 0.3) is 16.6 Å². The molecule has 0 aliphatic heterocycles. The maximum Gasteiger partial charge on any atom is 0.248 e. The highest BCUT2D eigenvalue weighted by atomic mass is 35.5. The third-order valence-corrected chi connectivity index (χ3v) is 4.59. The fourth-order valence-electron chi connectivity index (χ4n) is 2.92. The predicted octanol–water partition coefficient (Wildman–Crippen LogP) is 3.82. The first-order valence-electron chi connectivity index (χ1n) is 8.59. The highest BCUT2D eigenvalue weighted by molar-refractivity contribution is 6.34. The van der Waals surface area contributed by atoms with Crippen molar-refractivity contribution >= 4 is 34.1 Å². The molecule has 2 aromatic heterocycles. The third kappa shape index (κ3) is 4.00. The third-order valence-electron chi connectivity index (χ3n) is 4.15. The molecule has 28 heavy (non-hydrogen) atoms. The summed E-state index contributed by atoms with van der Waals surface area (Å²) in [5, 5.41) is 13.7. The lowest BCUT2D eigenvalue weighted by atomic mass is 10.2. The number of tetrazole rings is 1. The Balaban J connectivity index is 1.43. The van der Waals surface area contributed by atoms with Crippen molar-refractivity contribution in [2.75, 3.05) is 6.61 Å². The molecule has 1 N–H and O–H groups in total. The number of hydrogen-bond donors (Lipinski definition) is 1. The van der Waals surface area contributed by atoms with Crippen molar-refractivity contribution in [3.05, 3.63) is 74.8 Å². The molecule has 0 radical (unpaired) electrons. The van der Waals surface area contributed by atoms with Gasteiger partial charge in [0.25, 0.3) is 0 Å². The van der Waals surface area contributed by atoms with Crippen LogP contribution in [0.4, 0.5) is 0 Å². The van der Waals surface area contributed by atoms with Crippen LogP contribution >= 0.6 is 23.2 Å². The Kier molecular flexibility index (Phi) is 5.27. The molecule has 4 aromatic rings. The Hall–Kier alpha value is -2.90. The van der Waals surface area contributed by atoms with E-state index in [2.05, 4.69) is 20.5 Å². The minimum Gasteiger partial charge on any atom is -0.493 e. The van der Waals surface area contributed by atoms with Crippen molar-refractivity contribution in [3.63, 3.8) is 0 Å². The van der Waals surface area contributed by atoms with E-state index in [1.54, 1.807) is 28.9 Å². The molecule has 0 bridgehead atoms. The Bertz CT molecular complexity index is 1170. The second-order valence-corrected chi connectivity index (χ2v) is 7.00. The van der Waals surface area contributed by atoms with E-state index in [1.807, 2.05) is 18.2 Å². The van der Waals surface area contributed by atoms with E-state index in [0.717, 1.165) is 16.7 Å². The molecular weight excluding hydrogens is 401 g/mol. The number of halogens is 2. The predicted molar refractivity (Wildman–Crippen MR) is 108 cm³/mol. The van der Waals surface area contributed by atoms with Crippen LogP contribution in [-0.4, -0.2) is 31.8 Å². The standard InChI is InChI=1S/C19H15Cl2N5O2/c20-12-9-13(21)11-14(10-12)26-18(23-24-25-26)5-2-8-28-17-4-1-3-16-15(17)6-7-19(27)22-16/h1,3-4,6-7,9-11H,2,5,8H2,(H,22,27). The van der Waals surface area contributed by atoms with Crippen LogP contribution in [0, 0.1) is 0 Å². The van der Waals surface area contributed by atoms with Crippen LogP contribution < -0.4 is 10.3 Å². The first-order valence-corrected chi connectivity index (χ1v) is 9.34. The number of aryl methyl sites for hydroxylation is 1. The summed E-state index contributed by atoms with van der Waals surface area (Å²) in [5.41, 5.74) is 1.31. The number of aromatic amines is 1. The van der Waals surface area contributed by atoms with Gasteiger partial charge in [0.15, 0.2) is 5.82 Å². The van der Waals surface area contributed by atoms with Crippen LogP contribution in [0.5, 0.6) is 5.75 Å². The lowest BCUT2D eigenvalue weighted by Gasteiger charge is -2.09. The molecule has 0 aliphatic rings. The van der Waals surface area contributed by atoms with E-state index >= 15 is 0 Å². The molecule has 2 heterocycles. The monoisotopic (exact) mass is 415 g/mol. The van der Waals surface area contributed by atoms with Crippen LogP contribution in [0.2, 0.25) is 10.0 Å². The summed E-state index contributed by atoms with van der Waals surface area (Å²) in [4.78, 5) is 14.2. The summed E-state index contributed by atoms with van der Waals surface area (Å²) in [5.74, 6) is 1.40. The molecule has 4 rings (SSSR count). The van der Waals surface area contributed by atoms with Crippen molar-refractivity contribution < 1.29 is 4.74 Å². The number of nitrogens with zero attached hydrogens (tertiary/aromatic N) is 4. The Morgan fingerprint density at radius 1 is 1.07 bits per heavy atom. The molecule has 0 unspecified atom stereocenters. The Morgan fingerprint density at radius 2 is 1.89 bits per heavy atom. The van der Waals surface area contributed by atoms with Gasteiger partial charge in [0.2, 0.25) is 5.56 Å². The van der Waals surface area contributed by atoms with Crippen molar-refractivity contribution in [2.24, 2.45) is 0 Å². The molecule has 0 saturated heterocycles. The molecule has 2 aromatic carbocycles. The van der Waals surface area contributed by atoms with E-state index in [9.17, 15) is 4.79 Å². The van der Waals surface area contributed by atoms with Gasteiger partial charge in [0.05, 0.1) is 17.8 Å². The average Bonchev–Trinajstić information content (AvgIpc) is 3.13. The number of aromatic nitrogens is 5. The smallest absolute Gasteiger partial charge is 0.248 e. The minimum atomic E-state index is -0.141. The molecule has 9 heteroatoms. The first-order chi connectivity index (χ1) is 13.6. The number of benzene rings is 2. The molecule has 0 spiro atoms. The highest BCUT2D eigenvalue weighted by Gasteiger charge is 2.10. The summed E-state index contributed by atoms with van der Waals surface area (Å²) in [6.45, 7) is 0.474. The second kappa shape index (κ2) is 8.00. The van der Waals surface area contributed by atoms with Crippen LogP contribution in [0.15, 0.2) is 53.3 Å². The number of fused-ring (bicyclic) bond motifs is 1.